The molecule has 1 atom stereocenters. The van der Waals surface area contributed by atoms with Gasteiger partial charge < -0.3 is 10.1 Å². The van der Waals surface area contributed by atoms with Crippen molar-refractivity contribution < 1.29 is 4.74 Å². The van der Waals surface area contributed by atoms with Crippen LogP contribution in [-0.4, -0.2) is 13.7 Å². The second-order valence-electron chi connectivity index (χ2n) is 5.75. The maximum absolute atomic E-state index is 6.29. The third kappa shape index (κ3) is 2.61. The highest BCUT2D eigenvalue weighted by atomic mass is 35.5. The molecule has 0 aromatic heterocycles. The largest absolute Gasteiger partial charge is 0.493 e. The number of hydrogen-bond acceptors (Lipinski definition) is 2. The van der Waals surface area contributed by atoms with Crippen molar-refractivity contribution in [2.75, 3.05) is 13.7 Å². The van der Waals surface area contributed by atoms with Crippen LogP contribution in [0.4, 0.5) is 0 Å². The molecule has 0 amide bonds. The summed E-state index contributed by atoms with van der Waals surface area (Å²) in [6.07, 6.45) is 7.71. The molecule has 2 nitrogen and oxygen atoms in total. The minimum atomic E-state index is 0.380. The van der Waals surface area contributed by atoms with Gasteiger partial charge in [-0.05, 0) is 43.5 Å². The van der Waals surface area contributed by atoms with Gasteiger partial charge in [-0.3, -0.25) is 0 Å². The Kier molecular flexibility index (Phi) is 3.99. The fraction of sp³-hybridized carbons (Fsp3) is 0.625. The fourth-order valence-corrected chi connectivity index (χ4v) is 3.89. The average molecular weight is 280 g/mol. The lowest BCUT2D eigenvalue weighted by molar-refractivity contribution is 0.273. The molecule has 0 radical (unpaired) electrons. The number of nitrogens with one attached hydrogen (secondary N) is 1. The zero-order chi connectivity index (χ0) is 13.2. The minimum absolute atomic E-state index is 0.380. The smallest absolute Gasteiger partial charge is 0.127 e. The van der Waals surface area contributed by atoms with Crippen LogP contribution in [0.1, 0.15) is 49.3 Å². The molecule has 3 rings (SSSR count). The Labute approximate surface area is 120 Å². The van der Waals surface area contributed by atoms with E-state index in [1.807, 2.05) is 0 Å². The zero-order valence-corrected chi connectivity index (χ0v) is 12.3. The van der Waals surface area contributed by atoms with Crippen molar-refractivity contribution in [1.29, 1.82) is 0 Å². The van der Waals surface area contributed by atoms with Crippen LogP contribution in [0.25, 0.3) is 0 Å². The number of hydrogen-bond donors (Lipinski definition) is 1. The maximum Gasteiger partial charge on any atom is 0.127 e. The number of rotatable bonds is 3. The van der Waals surface area contributed by atoms with Gasteiger partial charge >= 0.3 is 0 Å². The van der Waals surface area contributed by atoms with E-state index < -0.39 is 0 Å². The Morgan fingerprint density at radius 3 is 2.79 bits per heavy atom. The normalized spacial score (nSPS) is 20.9. The van der Waals surface area contributed by atoms with E-state index >= 15 is 0 Å². The first-order chi connectivity index (χ1) is 9.29. The molecule has 1 aliphatic heterocycles. The van der Waals surface area contributed by atoms with Crippen LogP contribution in [-0.2, 0) is 6.42 Å². The van der Waals surface area contributed by atoms with Crippen molar-refractivity contribution in [3.05, 3.63) is 28.3 Å². The van der Waals surface area contributed by atoms with Crippen LogP contribution in [0.15, 0.2) is 12.1 Å². The van der Waals surface area contributed by atoms with Gasteiger partial charge in [0.2, 0.25) is 0 Å². The predicted octanol–water partition coefficient (Wildman–Crippen LogP) is 4.12. The number of fused-ring (bicyclic) bond motifs is 1. The fourth-order valence-electron chi connectivity index (χ4n) is 3.64. The van der Waals surface area contributed by atoms with Crippen LogP contribution >= 0.6 is 11.6 Å². The summed E-state index contributed by atoms with van der Waals surface area (Å²) in [5.41, 5.74) is 2.55. The van der Waals surface area contributed by atoms with Gasteiger partial charge in [-0.1, -0.05) is 30.9 Å². The van der Waals surface area contributed by atoms with E-state index in [1.165, 1.54) is 43.2 Å². The lowest BCUT2D eigenvalue weighted by Gasteiger charge is -2.31. The highest BCUT2D eigenvalue weighted by Gasteiger charge is 2.29. The topological polar surface area (TPSA) is 21.3 Å². The molecule has 0 spiro atoms. The molecule has 0 saturated heterocycles. The molecule has 1 heterocycles. The molecule has 104 valence electrons. The van der Waals surface area contributed by atoms with E-state index in [2.05, 4.69) is 24.5 Å². The number of halogens is 1. The molecule has 1 aromatic rings. The maximum atomic E-state index is 6.29. The number of ether oxygens (including phenoxy) is 1. The monoisotopic (exact) mass is 279 g/mol. The molecule has 0 bridgehead atoms. The third-order valence-electron chi connectivity index (χ3n) is 4.54. The Bertz CT molecular complexity index is 454. The second kappa shape index (κ2) is 5.72. The predicted molar refractivity (Wildman–Crippen MR) is 79.0 cm³/mol. The Balaban J connectivity index is 1.94. The van der Waals surface area contributed by atoms with Crippen molar-refractivity contribution in [2.24, 2.45) is 5.92 Å². The molecular formula is C16H22ClNO. The molecule has 1 N–H and O–H groups in total. The molecule has 1 saturated carbocycles. The summed E-state index contributed by atoms with van der Waals surface area (Å²) in [5.74, 6) is 1.81. The summed E-state index contributed by atoms with van der Waals surface area (Å²) in [6, 6.07) is 4.54. The van der Waals surface area contributed by atoms with Crippen LogP contribution in [0.5, 0.6) is 5.75 Å². The Morgan fingerprint density at radius 1 is 1.26 bits per heavy atom. The van der Waals surface area contributed by atoms with Gasteiger partial charge in [-0.25, -0.2) is 0 Å². The van der Waals surface area contributed by atoms with Crippen LogP contribution in [0.2, 0.25) is 5.02 Å². The van der Waals surface area contributed by atoms with Gasteiger partial charge in [0.25, 0.3) is 0 Å². The summed E-state index contributed by atoms with van der Waals surface area (Å²) in [7, 11) is 2.06. The first-order valence-electron chi connectivity index (χ1n) is 7.42. The van der Waals surface area contributed by atoms with Crippen LogP contribution in [0, 0.1) is 5.92 Å². The first kappa shape index (κ1) is 13.3. The second-order valence-corrected chi connectivity index (χ2v) is 6.18. The standard InChI is InChI=1S/C16H22ClNO/c1-18-15(11-5-3-2-4-6-11)14-10-13(17)9-12-7-8-19-16(12)14/h9-11,15,18H,2-8H2,1H3. The molecule has 1 aliphatic carbocycles. The van der Waals surface area contributed by atoms with Crippen molar-refractivity contribution in [3.63, 3.8) is 0 Å². The van der Waals surface area contributed by atoms with Gasteiger partial charge in [0.05, 0.1) is 6.61 Å². The summed E-state index contributed by atoms with van der Waals surface area (Å²) in [4.78, 5) is 0. The van der Waals surface area contributed by atoms with Gasteiger partial charge in [-0.15, -0.1) is 0 Å². The van der Waals surface area contributed by atoms with Gasteiger partial charge in [0, 0.05) is 23.0 Å². The van der Waals surface area contributed by atoms with Crippen molar-refractivity contribution >= 4 is 11.6 Å². The van der Waals surface area contributed by atoms with Gasteiger partial charge in [0.15, 0.2) is 0 Å². The summed E-state index contributed by atoms with van der Waals surface area (Å²) >= 11 is 6.29. The quantitative estimate of drug-likeness (QED) is 0.899. The van der Waals surface area contributed by atoms with Crippen LogP contribution < -0.4 is 10.1 Å². The first-order valence-corrected chi connectivity index (χ1v) is 7.80. The Morgan fingerprint density at radius 2 is 2.05 bits per heavy atom. The molecule has 1 fully saturated rings. The van der Waals surface area contributed by atoms with Crippen molar-refractivity contribution in [3.8, 4) is 5.75 Å². The molecule has 19 heavy (non-hydrogen) atoms. The highest BCUT2D eigenvalue weighted by Crippen LogP contribution is 2.42. The molecule has 3 heteroatoms. The molecule has 1 aromatic carbocycles. The average Bonchev–Trinajstić information content (AvgIpc) is 2.89. The van der Waals surface area contributed by atoms with E-state index in [0.29, 0.717) is 12.0 Å². The van der Waals surface area contributed by atoms with Gasteiger partial charge in [0.1, 0.15) is 5.75 Å². The van der Waals surface area contributed by atoms with Gasteiger partial charge in [-0.2, -0.15) is 0 Å². The highest BCUT2D eigenvalue weighted by molar-refractivity contribution is 6.30. The lowest BCUT2D eigenvalue weighted by atomic mass is 9.80. The van der Waals surface area contributed by atoms with E-state index in [9.17, 15) is 0 Å². The SMILES string of the molecule is CNC(c1cc(Cl)cc2c1OCC2)C1CCCCC1. The minimum Gasteiger partial charge on any atom is -0.493 e. The molecule has 1 unspecified atom stereocenters. The van der Waals surface area contributed by atoms with E-state index in [-0.39, 0.29) is 0 Å². The summed E-state index contributed by atoms with van der Waals surface area (Å²) < 4.78 is 5.86. The number of benzene rings is 1. The van der Waals surface area contributed by atoms with E-state index in [1.54, 1.807) is 0 Å². The third-order valence-corrected chi connectivity index (χ3v) is 4.76. The summed E-state index contributed by atoms with van der Waals surface area (Å²) in [5, 5.41) is 4.35. The zero-order valence-electron chi connectivity index (χ0n) is 11.5. The molecular weight excluding hydrogens is 258 g/mol. The van der Waals surface area contributed by atoms with Crippen molar-refractivity contribution in [2.45, 2.75) is 44.6 Å². The Hall–Kier alpha value is -0.730. The molecule has 2 aliphatic rings. The van der Waals surface area contributed by atoms with E-state index in [0.717, 1.165) is 23.8 Å². The van der Waals surface area contributed by atoms with Crippen LogP contribution in [0.3, 0.4) is 0 Å². The van der Waals surface area contributed by atoms with Crippen molar-refractivity contribution in [1.82, 2.24) is 5.32 Å². The van der Waals surface area contributed by atoms with E-state index in [4.69, 9.17) is 16.3 Å². The lowest BCUT2D eigenvalue weighted by Crippen LogP contribution is -2.27. The summed E-state index contributed by atoms with van der Waals surface area (Å²) in [6.45, 7) is 0.795.